The van der Waals surface area contributed by atoms with Crippen LogP contribution in [0.3, 0.4) is 0 Å². The van der Waals surface area contributed by atoms with E-state index >= 15 is 0 Å². The Morgan fingerprint density at radius 2 is 1.25 bits per heavy atom. The van der Waals surface area contributed by atoms with Gasteiger partial charge in [-0.2, -0.15) is 0 Å². The molecule has 4 aliphatic heterocycles. The van der Waals surface area contributed by atoms with Gasteiger partial charge in [0.25, 0.3) is 0 Å². The van der Waals surface area contributed by atoms with Crippen LogP contribution < -0.4 is 0 Å². The van der Waals surface area contributed by atoms with E-state index in [1.807, 2.05) is 0 Å². The van der Waals surface area contributed by atoms with Crippen molar-refractivity contribution in [3.63, 3.8) is 0 Å². The Morgan fingerprint density at radius 3 is 1.80 bits per heavy atom. The summed E-state index contributed by atoms with van der Waals surface area (Å²) in [5.41, 5.74) is 0. The Bertz CT molecular complexity index is 358. The Morgan fingerprint density at radius 1 is 0.750 bits per heavy atom. The van der Waals surface area contributed by atoms with Crippen LogP contribution in [0.15, 0.2) is 0 Å². The Kier molecular flexibility index (Phi) is 4.04. The molecule has 3 N–H and O–H groups in total. The average Bonchev–Trinajstić information content (AvgIpc) is 3.13. The summed E-state index contributed by atoms with van der Waals surface area (Å²) in [7, 11) is 0. The molecule has 7 atom stereocenters. The Balaban J connectivity index is 0.000000121. The molecule has 4 fully saturated rings. The topological polar surface area (TPSA) is 115 Å². The van der Waals surface area contributed by atoms with Crippen LogP contribution in [0, 0.1) is 0 Å². The quantitative estimate of drug-likeness (QED) is 0.439. The van der Waals surface area contributed by atoms with E-state index in [-0.39, 0.29) is 44.4 Å². The van der Waals surface area contributed by atoms with E-state index in [1.165, 1.54) is 0 Å². The number of ether oxygens (including phenoxy) is 4. The number of hydrogen-bond donors (Lipinski definition) is 3. The van der Waals surface area contributed by atoms with Crippen LogP contribution in [0.25, 0.3) is 0 Å². The molecule has 0 aromatic heterocycles. The van der Waals surface area contributed by atoms with Gasteiger partial charge in [0.1, 0.15) is 49.3 Å². The summed E-state index contributed by atoms with van der Waals surface area (Å²) in [6, 6.07) is 0. The van der Waals surface area contributed by atoms with Crippen LogP contribution in [-0.4, -0.2) is 90.3 Å². The minimum absolute atomic E-state index is 0.0541. The molecule has 8 nitrogen and oxygen atoms in total. The summed E-state index contributed by atoms with van der Waals surface area (Å²) in [4.78, 5) is 10.8. The van der Waals surface area contributed by atoms with E-state index < -0.39 is 30.5 Å². The molecule has 0 radical (unpaired) electrons. The smallest absolute Gasteiger partial charge is 0.189 e. The molecular weight excluding hydrogens is 272 g/mol. The predicted molar refractivity (Wildman–Crippen MR) is 62.0 cm³/mol. The van der Waals surface area contributed by atoms with Gasteiger partial charge in [-0.3, -0.25) is 4.79 Å². The van der Waals surface area contributed by atoms with Gasteiger partial charge in [0.15, 0.2) is 5.78 Å². The molecule has 114 valence electrons. The monoisotopic (exact) mass is 290 g/mol. The van der Waals surface area contributed by atoms with Crippen molar-refractivity contribution in [3.05, 3.63) is 0 Å². The summed E-state index contributed by atoms with van der Waals surface area (Å²) in [5.74, 6) is -0.0541. The SMILES string of the molecule is O=C1CO[C@H]2[C@H](O)CO[C@@H]12.O[C@@H]1CO[C@H]2[C@@H]1OC[C@@H]2O. The van der Waals surface area contributed by atoms with Gasteiger partial charge in [0.2, 0.25) is 0 Å². The Hall–Kier alpha value is -0.610. The maximum absolute atomic E-state index is 10.8. The minimum Gasteiger partial charge on any atom is -0.388 e. The van der Waals surface area contributed by atoms with Crippen molar-refractivity contribution >= 4 is 5.78 Å². The maximum atomic E-state index is 10.8. The van der Waals surface area contributed by atoms with Crippen molar-refractivity contribution in [2.45, 2.75) is 42.7 Å². The van der Waals surface area contributed by atoms with Gasteiger partial charge in [-0.25, -0.2) is 0 Å². The third kappa shape index (κ3) is 2.48. The molecule has 20 heavy (non-hydrogen) atoms. The van der Waals surface area contributed by atoms with Gasteiger partial charge >= 0.3 is 0 Å². The zero-order valence-corrected chi connectivity index (χ0v) is 10.8. The number of rotatable bonds is 0. The number of aliphatic hydroxyl groups excluding tert-OH is 3. The number of fused-ring (bicyclic) bond motifs is 2. The standard InChI is InChI=1S/C6H10O4.C6H8O4/c2*7-3-1-9-6-4(8)2-10-5(3)6/h3-8H,1-2H2;3,5-7H,1-2H2/t3-,4+,5-,6-;3-,5+,6+/m11/s1. The van der Waals surface area contributed by atoms with Crippen LogP contribution >= 0.6 is 0 Å². The van der Waals surface area contributed by atoms with Gasteiger partial charge in [-0.05, 0) is 0 Å². The fraction of sp³-hybridized carbons (Fsp3) is 0.917. The first-order chi connectivity index (χ1) is 9.58. The van der Waals surface area contributed by atoms with Crippen LogP contribution in [0.5, 0.6) is 0 Å². The van der Waals surface area contributed by atoms with E-state index in [4.69, 9.17) is 34.3 Å². The molecule has 4 rings (SSSR count). The summed E-state index contributed by atoms with van der Waals surface area (Å²) in [6.45, 7) is 0.881. The number of carbonyl (C=O) groups excluding carboxylic acids is 1. The fourth-order valence-electron chi connectivity index (χ4n) is 2.79. The first-order valence-corrected chi connectivity index (χ1v) is 6.61. The molecule has 8 heteroatoms. The highest BCUT2D eigenvalue weighted by Crippen LogP contribution is 2.26. The lowest BCUT2D eigenvalue weighted by Gasteiger charge is -2.09. The highest BCUT2D eigenvalue weighted by molar-refractivity contribution is 5.87. The molecule has 4 heterocycles. The van der Waals surface area contributed by atoms with Gasteiger partial charge in [0, 0.05) is 0 Å². The van der Waals surface area contributed by atoms with Crippen LogP contribution in [-0.2, 0) is 23.7 Å². The number of ketones is 1. The highest BCUT2D eigenvalue weighted by Gasteiger charge is 2.47. The molecule has 4 saturated heterocycles. The van der Waals surface area contributed by atoms with Gasteiger partial charge < -0.3 is 34.3 Å². The molecule has 0 bridgehead atoms. The minimum atomic E-state index is -0.614. The third-order valence-corrected chi connectivity index (χ3v) is 3.86. The van der Waals surface area contributed by atoms with Crippen molar-refractivity contribution in [1.82, 2.24) is 0 Å². The van der Waals surface area contributed by atoms with Crippen molar-refractivity contribution in [1.29, 1.82) is 0 Å². The van der Waals surface area contributed by atoms with E-state index in [0.29, 0.717) is 0 Å². The molecule has 0 aromatic rings. The van der Waals surface area contributed by atoms with Gasteiger partial charge in [-0.1, -0.05) is 0 Å². The number of hydrogen-bond acceptors (Lipinski definition) is 8. The first kappa shape index (κ1) is 14.3. The van der Waals surface area contributed by atoms with Crippen molar-refractivity contribution < 1.29 is 39.1 Å². The Labute approximate surface area is 115 Å². The fourth-order valence-corrected chi connectivity index (χ4v) is 2.79. The van der Waals surface area contributed by atoms with Crippen LogP contribution in [0.2, 0.25) is 0 Å². The summed E-state index contributed by atoms with van der Waals surface area (Å²) < 4.78 is 20.1. The molecule has 0 aliphatic carbocycles. The average molecular weight is 290 g/mol. The number of aliphatic hydroxyl groups is 3. The first-order valence-electron chi connectivity index (χ1n) is 6.61. The zero-order valence-electron chi connectivity index (χ0n) is 10.8. The van der Waals surface area contributed by atoms with Crippen LogP contribution in [0.1, 0.15) is 0 Å². The molecular formula is C12H18O8. The lowest BCUT2D eigenvalue weighted by atomic mass is 10.1. The lowest BCUT2D eigenvalue weighted by molar-refractivity contribution is -0.125. The van der Waals surface area contributed by atoms with Crippen molar-refractivity contribution in [2.24, 2.45) is 0 Å². The maximum Gasteiger partial charge on any atom is 0.189 e. The normalized spacial score (nSPS) is 49.8. The van der Waals surface area contributed by atoms with Crippen LogP contribution in [0.4, 0.5) is 0 Å². The van der Waals surface area contributed by atoms with E-state index in [1.54, 1.807) is 0 Å². The zero-order chi connectivity index (χ0) is 14.3. The van der Waals surface area contributed by atoms with Gasteiger partial charge in [0.05, 0.1) is 19.8 Å². The van der Waals surface area contributed by atoms with Crippen molar-refractivity contribution in [3.8, 4) is 0 Å². The summed E-state index contributed by atoms with van der Waals surface area (Å²) >= 11 is 0. The molecule has 0 spiro atoms. The van der Waals surface area contributed by atoms with Gasteiger partial charge in [-0.15, -0.1) is 0 Å². The molecule has 0 amide bonds. The molecule has 0 saturated carbocycles. The van der Waals surface area contributed by atoms with E-state index in [0.717, 1.165) is 0 Å². The second-order valence-corrected chi connectivity index (χ2v) is 5.29. The largest absolute Gasteiger partial charge is 0.388 e. The summed E-state index contributed by atoms with van der Waals surface area (Å²) in [6.07, 6.45) is -3.20. The second-order valence-electron chi connectivity index (χ2n) is 5.29. The molecule has 4 aliphatic rings. The predicted octanol–water partition coefficient (Wildman–Crippen LogP) is -2.78. The molecule has 0 aromatic carbocycles. The lowest BCUT2D eigenvalue weighted by Crippen LogP contribution is -2.30. The van der Waals surface area contributed by atoms with E-state index in [2.05, 4.69) is 0 Å². The number of Topliss-reactive ketones (excluding diaryl/α,β-unsaturated/α-hetero) is 1. The third-order valence-electron chi connectivity index (χ3n) is 3.86. The number of carbonyl (C=O) groups is 1. The van der Waals surface area contributed by atoms with Crippen molar-refractivity contribution in [2.75, 3.05) is 26.4 Å². The molecule has 0 unspecified atom stereocenters. The summed E-state index contributed by atoms with van der Waals surface area (Å²) in [5, 5.41) is 27.4. The second kappa shape index (κ2) is 5.64. The van der Waals surface area contributed by atoms with E-state index in [9.17, 15) is 4.79 Å². The highest BCUT2D eigenvalue weighted by atomic mass is 16.6.